The van der Waals surface area contributed by atoms with Crippen LogP contribution < -0.4 is 5.49 Å². The number of alkyl halides is 3. The number of aromatic nitrogens is 4. The fraction of sp³-hybridized carbons (Fsp3) is 0.105. The van der Waals surface area contributed by atoms with Crippen molar-refractivity contribution in [2.75, 3.05) is 0 Å². The predicted octanol–water partition coefficient (Wildman–Crippen LogP) is 5.37. The van der Waals surface area contributed by atoms with Gasteiger partial charge in [0.05, 0.1) is 30.5 Å². The summed E-state index contributed by atoms with van der Waals surface area (Å²) in [6.07, 6.45) is -1.49. The van der Waals surface area contributed by atoms with E-state index < -0.39 is 11.7 Å². The second-order valence-corrected chi connectivity index (χ2v) is 6.97. The monoisotopic (exact) mass is 437 g/mol. The van der Waals surface area contributed by atoms with Crippen LogP contribution in [0.3, 0.4) is 0 Å². The average molecular weight is 438 g/mol. The Labute approximate surface area is 172 Å². The molecule has 0 unspecified atom stereocenters. The summed E-state index contributed by atoms with van der Waals surface area (Å²) >= 11 is 12.5. The molecule has 0 saturated carbocycles. The lowest BCUT2D eigenvalue weighted by atomic mass is 10.2. The maximum absolute atomic E-state index is 12.9. The molecule has 148 valence electrons. The van der Waals surface area contributed by atoms with Crippen LogP contribution in [-0.4, -0.2) is 19.5 Å². The van der Waals surface area contributed by atoms with E-state index in [1.807, 2.05) is 0 Å². The van der Waals surface area contributed by atoms with Gasteiger partial charge in [0.25, 0.3) is 0 Å². The minimum atomic E-state index is -4.45. The zero-order chi connectivity index (χ0) is 20.6. The summed E-state index contributed by atoms with van der Waals surface area (Å²) in [5.74, 6) is 0. The SMILES string of the molecule is FC(F)(F)c1cccc(N=c2ncn(Cc3c(Cl)cccc3Cl)c3nc[nH]c23)c1. The summed E-state index contributed by atoms with van der Waals surface area (Å²) in [5, 5.41) is 1.01. The van der Waals surface area contributed by atoms with Gasteiger partial charge in [0.1, 0.15) is 5.52 Å². The molecule has 0 radical (unpaired) electrons. The molecule has 0 bridgehead atoms. The predicted molar refractivity (Wildman–Crippen MR) is 104 cm³/mol. The molecule has 0 atom stereocenters. The molecule has 10 heteroatoms. The van der Waals surface area contributed by atoms with Gasteiger partial charge < -0.3 is 9.55 Å². The van der Waals surface area contributed by atoms with Gasteiger partial charge in [-0.3, -0.25) is 0 Å². The van der Waals surface area contributed by atoms with Crippen LogP contribution in [-0.2, 0) is 12.7 Å². The molecule has 2 aromatic carbocycles. The summed E-state index contributed by atoms with van der Waals surface area (Å²) in [6.45, 7) is 0.316. The molecule has 29 heavy (non-hydrogen) atoms. The number of H-pyrrole nitrogens is 1. The van der Waals surface area contributed by atoms with Gasteiger partial charge in [-0.25, -0.2) is 15.0 Å². The van der Waals surface area contributed by atoms with E-state index in [2.05, 4.69) is 19.9 Å². The number of hydrogen-bond acceptors (Lipinski definition) is 3. The number of rotatable bonds is 3. The Bertz CT molecular complexity index is 1240. The van der Waals surface area contributed by atoms with Crippen LogP contribution in [0.25, 0.3) is 11.2 Å². The van der Waals surface area contributed by atoms with E-state index in [0.717, 1.165) is 12.1 Å². The summed E-state index contributed by atoms with van der Waals surface area (Å²) < 4.78 is 40.5. The Balaban J connectivity index is 1.79. The van der Waals surface area contributed by atoms with E-state index in [9.17, 15) is 13.2 Å². The molecule has 0 amide bonds. The standard InChI is InChI=1S/C19H12Cl2F3N5/c20-14-5-2-6-15(21)13(14)8-29-10-27-17(16-18(29)26-9-25-16)28-12-4-1-3-11(7-12)19(22,23)24/h1-7,9-10H,8H2,(H,25,26). The third kappa shape index (κ3) is 3.99. The van der Waals surface area contributed by atoms with Gasteiger partial charge in [0, 0.05) is 15.6 Å². The van der Waals surface area contributed by atoms with Gasteiger partial charge in [0.15, 0.2) is 11.1 Å². The number of aromatic amines is 1. The highest BCUT2D eigenvalue weighted by molar-refractivity contribution is 6.36. The van der Waals surface area contributed by atoms with Gasteiger partial charge in [-0.15, -0.1) is 0 Å². The van der Waals surface area contributed by atoms with Crippen LogP contribution in [0.1, 0.15) is 11.1 Å². The highest BCUT2D eigenvalue weighted by atomic mass is 35.5. The zero-order valence-electron chi connectivity index (χ0n) is 14.6. The molecule has 2 heterocycles. The fourth-order valence-electron chi connectivity index (χ4n) is 2.84. The summed E-state index contributed by atoms with van der Waals surface area (Å²) in [4.78, 5) is 15.7. The molecule has 0 aliphatic carbocycles. The molecule has 0 fully saturated rings. The lowest BCUT2D eigenvalue weighted by molar-refractivity contribution is -0.137. The molecule has 0 aliphatic heterocycles. The van der Waals surface area contributed by atoms with Crippen molar-refractivity contribution in [2.24, 2.45) is 4.99 Å². The fourth-order valence-corrected chi connectivity index (χ4v) is 3.36. The average Bonchev–Trinajstić information content (AvgIpc) is 3.16. The zero-order valence-corrected chi connectivity index (χ0v) is 16.1. The van der Waals surface area contributed by atoms with Crippen LogP contribution in [0.4, 0.5) is 18.9 Å². The lowest BCUT2D eigenvalue weighted by Crippen LogP contribution is -2.15. The number of imidazole rings is 1. The molecule has 0 aliphatic rings. The second-order valence-electron chi connectivity index (χ2n) is 6.16. The maximum atomic E-state index is 12.9. The van der Waals surface area contributed by atoms with Gasteiger partial charge >= 0.3 is 6.18 Å². The Kier molecular flexibility index (Phi) is 5.06. The van der Waals surface area contributed by atoms with Gasteiger partial charge in [0.2, 0.25) is 0 Å². The van der Waals surface area contributed by atoms with Crippen LogP contribution >= 0.6 is 23.2 Å². The molecule has 0 spiro atoms. The van der Waals surface area contributed by atoms with Crippen LogP contribution in [0, 0.1) is 0 Å². The smallest absolute Gasteiger partial charge is 0.340 e. The molecular formula is C19H12Cl2F3N5. The van der Waals surface area contributed by atoms with E-state index in [1.54, 1.807) is 22.8 Å². The molecule has 2 aromatic heterocycles. The molecule has 4 aromatic rings. The first-order valence-electron chi connectivity index (χ1n) is 8.36. The van der Waals surface area contributed by atoms with Gasteiger partial charge in [-0.05, 0) is 30.3 Å². The van der Waals surface area contributed by atoms with E-state index >= 15 is 0 Å². The first-order chi connectivity index (χ1) is 13.8. The lowest BCUT2D eigenvalue weighted by Gasteiger charge is -2.10. The van der Waals surface area contributed by atoms with Crippen molar-refractivity contribution in [1.29, 1.82) is 0 Å². The van der Waals surface area contributed by atoms with E-state index in [-0.39, 0.29) is 11.2 Å². The number of benzene rings is 2. The highest BCUT2D eigenvalue weighted by Gasteiger charge is 2.30. The van der Waals surface area contributed by atoms with Crippen LogP contribution in [0.15, 0.2) is 60.1 Å². The van der Waals surface area contributed by atoms with Crippen LogP contribution in [0.2, 0.25) is 10.0 Å². The molecule has 1 N–H and O–H groups in total. The Morgan fingerprint density at radius 2 is 1.76 bits per heavy atom. The van der Waals surface area contributed by atoms with Gasteiger partial charge in [-0.1, -0.05) is 35.3 Å². The van der Waals surface area contributed by atoms with E-state index in [1.165, 1.54) is 24.8 Å². The number of halogens is 5. The van der Waals surface area contributed by atoms with E-state index in [4.69, 9.17) is 23.2 Å². The second kappa shape index (κ2) is 7.53. The van der Waals surface area contributed by atoms with Crippen molar-refractivity contribution in [2.45, 2.75) is 12.7 Å². The summed E-state index contributed by atoms with van der Waals surface area (Å²) in [5.41, 5.74) is 1.27. The number of nitrogens with zero attached hydrogens (tertiary/aromatic N) is 4. The Morgan fingerprint density at radius 1 is 1.03 bits per heavy atom. The maximum Gasteiger partial charge on any atom is 0.416 e. The first kappa shape index (κ1) is 19.5. The minimum absolute atomic E-state index is 0.134. The van der Waals surface area contributed by atoms with Crippen molar-refractivity contribution in [3.05, 3.63) is 81.8 Å². The van der Waals surface area contributed by atoms with Crippen molar-refractivity contribution in [3.63, 3.8) is 0 Å². The number of fused-ring (bicyclic) bond motifs is 1. The molecule has 0 saturated heterocycles. The van der Waals surface area contributed by atoms with Crippen molar-refractivity contribution >= 4 is 40.1 Å². The highest BCUT2D eigenvalue weighted by Crippen LogP contribution is 2.31. The topological polar surface area (TPSA) is 58.9 Å². The summed E-state index contributed by atoms with van der Waals surface area (Å²) in [6, 6.07) is 9.95. The van der Waals surface area contributed by atoms with E-state index in [0.29, 0.717) is 33.3 Å². The van der Waals surface area contributed by atoms with Crippen molar-refractivity contribution in [1.82, 2.24) is 19.5 Å². The van der Waals surface area contributed by atoms with Gasteiger partial charge in [-0.2, -0.15) is 13.2 Å². The largest absolute Gasteiger partial charge is 0.416 e. The van der Waals surface area contributed by atoms with Crippen LogP contribution in [0.5, 0.6) is 0 Å². The van der Waals surface area contributed by atoms with Crippen molar-refractivity contribution in [3.8, 4) is 0 Å². The molecule has 4 rings (SSSR count). The minimum Gasteiger partial charge on any atom is -0.340 e. The number of hydrogen-bond donors (Lipinski definition) is 1. The Hall–Kier alpha value is -2.84. The Morgan fingerprint density at radius 3 is 2.48 bits per heavy atom. The third-order valence-electron chi connectivity index (χ3n) is 4.23. The summed E-state index contributed by atoms with van der Waals surface area (Å²) in [7, 11) is 0. The quantitative estimate of drug-likeness (QED) is 0.468. The third-order valence-corrected chi connectivity index (χ3v) is 4.94. The molecule has 5 nitrogen and oxygen atoms in total. The van der Waals surface area contributed by atoms with Crippen molar-refractivity contribution < 1.29 is 13.2 Å². The normalized spacial score (nSPS) is 12.7. The number of nitrogens with one attached hydrogen (secondary N) is 1. The molecular weight excluding hydrogens is 426 g/mol. The first-order valence-corrected chi connectivity index (χ1v) is 9.12.